The molecular formula is C19H17ClF3N3O. The fourth-order valence-electron chi connectivity index (χ4n) is 4.27. The molecule has 1 aliphatic heterocycles. The minimum atomic E-state index is -4.56. The van der Waals surface area contributed by atoms with Crippen LogP contribution in [0.5, 0.6) is 0 Å². The first kappa shape index (κ1) is 18.1. The van der Waals surface area contributed by atoms with Gasteiger partial charge in [-0.15, -0.1) is 0 Å². The van der Waals surface area contributed by atoms with Crippen LogP contribution in [0.2, 0.25) is 5.28 Å². The van der Waals surface area contributed by atoms with E-state index in [0.29, 0.717) is 13.1 Å². The minimum absolute atomic E-state index is 0.161. The summed E-state index contributed by atoms with van der Waals surface area (Å²) in [7, 11) is 1.59. The van der Waals surface area contributed by atoms with E-state index in [1.165, 1.54) is 5.56 Å². The summed E-state index contributed by atoms with van der Waals surface area (Å²) in [6, 6.07) is 11.0. The molecule has 4 rings (SSSR count). The average molecular weight is 396 g/mol. The van der Waals surface area contributed by atoms with Crippen LogP contribution < -0.4 is 4.90 Å². The molecule has 0 N–H and O–H groups in total. The van der Waals surface area contributed by atoms with Gasteiger partial charge in [0.1, 0.15) is 5.82 Å². The van der Waals surface area contributed by atoms with Gasteiger partial charge in [-0.2, -0.15) is 13.2 Å². The van der Waals surface area contributed by atoms with Crippen LogP contribution in [0.25, 0.3) is 0 Å². The van der Waals surface area contributed by atoms with Crippen LogP contribution in [0.1, 0.15) is 11.3 Å². The van der Waals surface area contributed by atoms with Gasteiger partial charge in [0, 0.05) is 24.6 Å². The maximum atomic E-state index is 13.1. The van der Waals surface area contributed by atoms with Crippen molar-refractivity contribution in [2.24, 2.45) is 11.8 Å². The summed E-state index contributed by atoms with van der Waals surface area (Å²) in [6.45, 7) is 1.16. The van der Waals surface area contributed by atoms with E-state index in [9.17, 15) is 13.2 Å². The van der Waals surface area contributed by atoms with Gasteiger partial charge in [-0.05, 0) is 35.1 Å². The first-order chi connectivity index (χ1) is 12.9. The van der Waals surface area contributed by atoms with Gasteiger partial charge in [-0.25, -0.2) is 9.97 Å². The van der Waals surface area contributed by atoms with Gasteiger partial charge in [-0.1, -0.05) is 30.3 Å². The lowest BCUT2D eigenvalue weighted by atomic mass is 9.92. The van der Waals surface area contributed by atoms with Gasteiger partial charge in [-0.3, -0.25) is 0 Å². The summed E-state index contributed by atoms with van der Waals surface area (Å²) in [4.78, 5) is 9.21. The standard InChI is InChI=1S/C19H17ClF3N3O/c1-27-8-7-13-14-10-26(11-18(13,14)12-5-3-2-4-6-12)16-9-15(19(21,22)23)24-17(20)25-16/h2-9,13-14H,10-11H2,1H3/b8-7+. The largest absolute Gasteiger partial charge is 0.505 e. The molecule has 0 spiro atoms. The van der Waals surface area contributed by atoms with E-state index < -0.39 is 17.2 Å². The van der Waals surface area contributed by atoms with Crippen molar-refractivity contribution in [2.75, 3.05) is 25.1 Å². The number of benzene rings is 1. The summed E-state index contributed by atoms with van der Waals surface area (Å²) in [6.07, 6.45) is -0.866. The van der Waals surface area contributed by atoms with Gasteiger partial charge in [0.05, 0.1) is 13.4 Å². The first-order valence-corrected chi connectivity index (χ1v) is 8.86. The number of nitrogens with zero attached hydrogens (tertiary/aromatic N) is 3. The Kier molecular flexibility index (Phi) is 4.29. The van der Waals surface area contributed by atoms with Crippen LogP contribution in [-0.4, -0.2) is 30.2 Å². The third-order valence-corrected chi connectivity index (χ3v) is 5.65. The van der Waals surface area contributed by atoms with Gasteiger partial charge < -0.3 is 9.64 Å². The van der Waals surface area contributed by atoms with Crippen molar-refractivity contribution in [1.29, 1.82) is 0 Å². The van der Waals surface area contributed by atoms with E-state index in [1.54, 1.807) is 13.4 Å². The molecule has 3 unspecified atom stereocenters. The maximum Gasteiger partial charge on any atom is 0.433 e. The van der Waals surface area contributed by atoms with E-state index in [2.05, 4.69) is 22.1 Å². The lowest BCUT2D eigenvalue weighted by molar-refractivity contribution is -0.141. The molecule has 1 saturated heterocycles. The van der Waals surface area contributed by atoms with E-state index in [1.807, 2.05) is 29.2 Å². The lowest BCUT2D eigenvalue weighted by Crippen LogP contribution is -2.30. The van der Waals surface area contributed by atoms with E-state index >= 15 is 0 Å². The normalized spacial score (nSPS) is 27.1. The van der Waals surface area contributed by atoms with Crippen LogP contribution >= 0.6 is 11.6 Å². The van der Waals surface area contributed by atoms with Crippen LogP contribution in [0.3, 0.4) is 0 Å². The Balaban J connectivity index is 1.67. The molecule has 1 saturated carbocycles. The Morgan fingerprint density at radius 1 is 1.26 bits per heavy atom. The highest BCUT2D eigenvalue weighted by molar-refractivity contribution is 6.28. The number of alkyl halides is 3. The summed E-state index contributed by atoms with van der Waals surface area (Å²) in [5, 5.41) is -0.398. The molecule has 2 fully saturated rings. The highest BCUT2D eigenvalue weighted by Gasteiger charge is 2.68. The molecule has 2 aromatic rings. The second-order valence-corrected chi connectivity index (χ2v) is 7.20. The molecule has 2 heterocycles. The molecule has 1 aromatic heterocycles. The number of hydrogen-bond donors (Lipinski definition) is 0. The molecule has 3 atom stereocenters. The van der Waals surface area contributed by atoms with Gasteiger partial charge in [0.2, 0.25) is 5.28 Å². The number of aromatic nitrogens is 2. The monoisotopic (exact) mass is 395 g/mol. The Hall–Kier alpha value is -2.28. The highest BCUT2D eigenvalue weighted by atomic mass is 35.5. The number of halogens is 4. The number of ether oxygens (including phenoxy) is 1. The molecule has 27 heavy (non-hydrogen) atoms. The van der Waals surface area contributed by atoms with Crippen molar-refractivity contribution in [2.45, 2.75) is 11.6 Å². The summed E-state index contributed by atoms with van der Waals surface area (Å²) >= 11 is 5.75. The Morgan fingerprint density at radius 2 is 2.00 bits per heavy atom. The highest BCUT2D eigenvalue weighted by Crippen LogP contribution is 2.65. The van der Waals surface area contributed by atoms with Crippen molar-refractivity contribution < 1.29 is 17.9 Å². The number of hydrogen-bond acceptors (Lipinski definition) is 4. The van der Waals surface area contributed by atoms with Crippen LogP contribution in [-0.2, 0) is 16.3 Å². The molecule has 0 radical (unpaired) electrons. The zero-order chi connectivity index (χ0) is 19.2. The number of methoxy groups -OCH3 is 1. The maximum absolute atomic E-state index is 13.1. The second kappa shape index (κ2) is 6.41. The Morgan fingerprint density at radius 3 is 2.67 bits per heavy atom. The third-order valence-electron chi connectivity index (χ3n) is 5.48. The number of rotatable bonds is 4. The molecule has 0 amide bonds. The van der Waals surface area contributed by atoms with E-state index in [4.69, 9.17) is 16.3 Å². The fourth-order valence-corrected chi connectivity index (χ4v) is 4.45. The molecule has 2 aliphatic rings. The quantitative estimate of drug-likeness (QED) is 0.571. The van der Waals surface area contributed by atoms with Crippen molar-refractivity contribution in [3.05, 3.63) is 65.3 Å². The number of fused-ring (bicyclic) bond motifs is 1. The molecule has 8 heteroatoms. The predicted octanol–water partition coefficient (Wildman–Crippen LogP) is 4.31. The third kappa shape index (κ3) is 3.04. The SMILES string of the molecule is CO/C=C/C1C2CN(c3cc(C(F)(F)F)nc(Cl)n3)CC12c1ccccc1. The van der Waals surface area contributed by atoms with Crippen molar-refractivity contribution in [3.63, 3.8) is 0 Å². The zero-order valence-corrected chi connectivity index (χ0v) is 15.2. The fraction of sp³-hybridized carbons (Fsp3) is 0.368. The van der Waals surface area contributed by atoms with Crippen LogP contribution in [0.15, 0.2) is 48.7 Å². The van der Waals surface area contributed by atoms with Gasteiger partial charge in [0.15, 0.2) is 5.69 Å². The van der Waals surface area contributed by atoms with Crippen molar-refractivity contribution in [1.82, 2.24) is 9.97 Å². The molecular weight excluding hydrogens is 379 g/mol. The molecule has 142 valence electrons. The molecule has 0 bridgehead atoms. The zero-order valence-electron chi connectivity index (χ0n) is 14.4. The number of allylic oxidation sites excluding steroid dienone is 1. The van der Waals surface area contributed by atoms with Gasteiger partial charge >= 0.3 is 6.18 Å². The van der Waals surface area contributed by atoms with Crippen LogP contribution in [0, 0.1) is 11.8 Å². The predicted molar refractivity (Wildman–Crippen MR) is 95.5 cm³/mol. The van der Waals surface area contributed by atoms with E-state index in [-0.39, 0.29) is 23.1 Å². The first-order valence-electron chi connectivity index (χ1n) is 8.48. The second-order valence-electron chi connectivity index (χ2n) is 6.86. The summed E-state index contributed by atoms with van der Waals surface area (Å²) in [5.74, 6) is 0.754. The summed E-state index contributed by atoms with van der Waals surface area (Å²) < 4.78 is 44.3. The number of piperidine rings is 1. The smallest absolute Gasteiger partial charge is 0.433 e. The molecule has 1 aliphatic carbocycles. The van der Waals surface area contributed by atoms with Gasteiger partial charge in [0.25, 0.3) is 0 Å². The summed E-state index contributed by atoms with van der Waals surface area (Å²) in [5.41, 5.74) is -0.0198. The molecule has 4 nitrogen and oxygen atoms in total. The topological polar surface area (TPSA) is 38.2 Å². The van der Waals surface area contributed by atoms with Crippen molar-refractivity contribution >= 4 is 17.4 Å². The average Bonchev–Trinajstić information content (AvgIpc) is 3.04. The van der Waals surface area contributed by atoms with Crippen molar-refractivity contribution in [3.8, 4) is 0 Å². The Bertz CT molecular complexity index is 874. The number of anilines is 1. The van der Waals surface area contributed by atoms with Crippen LogP contribution in [0.4, 0.5) is 19.0 Å². The minimum Gasteiger partial charge on any atom is -0.505 e. The van der Waals surface area contributed by atoms with E-state index in [0.717, 1.165) is 6.07 Å². The Labute approximate surface area is 159 Å². The lowest BCUT2D eigenvalue weighted by Gasteiger charge is -2.25. The molecule has 1 aromatic carbocycles.